The molecule has 0 aliphatic heterocycles. The molecular weight excluding hydrogens is 194 g/mol. The van der Waals surface area contributed by atoms with Crippen LogP contribution in [-0.2, 0) is 0 Å². The molecule has 0 unspecified atom stereocenters. The van der Waals surface area contributed by atoms with Crippen LogP contribution in [0.2, 0.25) is 0 Å². The molecule has 0 aliphatic rings. The van der Waals surface area contributed by atoms with Crippen LogP contribution in [0, 0.1) is 10.1 Å². The van der Waals surface area contributed by atoms with Gasteiger partial charge < -0.3 is 28.1 Å². The van der Waals surface area contributed by atoms with E-state index in [2.05, 4.69) is 9.98 Å². The van der Waals surface area contributed by atoms with Crippen molar-refractivity contribution < 1.29 is 10.3 Å². The van der Waals surface area contributed by atoms with Crippen LogP contribution < -0.4 is 22.9 Å². The average Bonchev–Trinajstić information content (AvgIpc) is 1.96. The maximum absolute atomic E-state index is 8.36. The number of rotatable bonds is 3. The van der Waals surface area contributed by atoms with Gasteiger partial charge in [0.15, 0.2) is 11.9 Å². The zero-order chi connectivity index (χ0) is 11.6. The highest BCUT2D eigenvalue weighted by molar-refractivity contribution is 5.76. The molecule has 10 heteroatoms. The second-order valence-corrected chi connectivity index (χ2v) is 1.85. The fraction of sp³-hybridized carbons (Fsp3) is 0.500. The Morgan fingerprint density at radius 2 is 1.36 bits per heavy atom. The van der Waals surface area contributed by atoms with E-state index in [1.807, 2.05) is 0 Å². The van der Waals surface area contributed by atoms with Gasteiger partial charge in [-0.2, -0.15) is 0 Å². The topological polar surface area (TPSA) is 192 Å². The quantitative estimate of drug-likeness (QED) is 0.108. The van der Waals surface area contributed by atoms with Crippen molar-refractivity contribution in [1.82, 2.24) is 0 Å². The fourth-order valence-corrected chi connectivity index (χ4v) is 0.358. The zero-order valence-electron chi connectivity index (χ0n) is 7.33. The molecule has 0 fully saturated rings. The SMILES string of the molecule is NC(N)=NCCN=C(N)N.O=[N+]([O-])O. The van der Waals surface area contributed by atoms with E-state index < -0.39 is 5.09 Å². The van der Waals surface area contributed by atoms with Crippen molar-refractivity contribution in [3.63, 3.8) is 0 Å². The molecule has 82 valence electrons. The van der Waals surface area contributed by atoms with Crippen LogP contribution in [0.5, 0.6) is 0 Å². The summed E-state index contributed by atoms with van der Waals surface area (Å²) in [5, 5.41) is 13.6. The molecule has 0 rings (SSSR count). The van der Waals surface area contributed by atoms with E-state index in [0.717, 1.165) is 0 Å². The Bertz CT molecular complexity index is 195. The summed E-state index contributed by atoms with van der Waals surface area (Å²) in [5.41, 5.74) is 20.1. The molecule has 0 amide bonds. The highest BCUT2D eigenvalue weighted by atomic mass is 16.9. The first-order chi connectivity index (χ1) is 6.36. The minimum atomic E-state index is -1.50. The van der Waals surface area contributed by atoms with Crippen LogP contribution in [-0.4, -0.2) is 35.3 Å². The van der Waals surface area contributed by atoms with E-state index in [-0.39, 0.29) is 11.9 Å². The first-order valence-electron chi connectivity index (χ1n) is 3.30. The van der Waals surface area contributed by atoms with Gasteiger partial charge in [0.25, 0.3) is 5.09 Å². The summed E-state index contributed by atoms with van der Waals surface area (Å²) in [4.78, 5) is 15.7. The fourth-order valence-electron chi connectivity index (χ4n) is 0.358. The van der Waals surface area contributed by atoms with Gasteiger partial charge in [-0.25, -0.2) is 0 Å². The molecule has 0 aliphatic carbocycles. The number of hydrogen-bond donors (Lipinski definition) is 5. The van der Waals surface area contributed by atoms with Crippen molar-refractivity contribution in [3.05, 3.63) is 10.1 Å². The Kier molecular flexibility index (Phi) is 9.01. The third kappa shape index (κ3) is 33.1. The van der Waals surface area contributed by atoms with Crippen molar-refractivity contribution in [2.24, 2.45) is 32.9 Å². The summed E-state index contributed by atoms with van der Waals surface area (Å²) in [7, 11) is 0. The average molecular weight is 207 g/mol. The van der Waals surface area contributed by atoms with Gasteiger partial charge in [0, 0.05) is 0 Å². The summed E-state index contributed by atoms with van der Waals surface area (Å²) in [5.74, 6) is 0.0941. The number of hydrogen-bond acceptors (Lipinski definition) is 4. The smallest absolute Gasteiger partial charge is 0.291 e. The summed E-state index contributed by atoms with van der Waals surface area (Å²) in [6.45, 7) is 0.834. The maximum atomic E-state index is 8.36. The second kappa shape index (κ2) is 8.83. The van der Waals surface area contributed by atoms with Gasteiger partial charge in [0.1, 0.15) is 0 Å². The molecule has 0 saturated carbocycles. The second-order valence-electron chi connectivity index (χ2n) is 1.85. The molecule has 0 saturated heterocycles. The van der Waals surface area contributed by atoms with E-state index in [9.17, 15) is 0 Å². The minimum absolute atomic E-state index is 0.0470. The van der Waals surface area contributed by atoms with Crippen molar-refractivity contribution in [1.29, 1.82) is 0 Å². The molecular formula is C4H13N7O3. The summed E-state index contributed by atoms with van der Waals surface area (Å²) < 4.78 is 0. The van der Waals surface area contributed by atoms with Crippen LogP contribution >= 0.6 is 0 Å². The third-order valence-corrected chi connectivity index (χ3v) is 0.689. The molecule has 0 bridgehead atoms. The lowest BCUT2D eigenvalue weighted by Crippen LogP contribution is -2.25. The molecule has 10 nitrogen and oxygen atoms in total. The van der Waals surface area contributed by atoms with E-state index in [1.165, 1.54) is 0 Å². The molecule has 0 aromatic carbocycles. The van der Waals surface area contributed by atoms with Gasteiger partial charge in [0.05, 0.1) is 13.1 Å². The third-order valence-electron chi connectivity index (χ3n) is 0.689. The number of aliphatic imine (C=N–C) groups is 2. The highest BCUT2D eigenvalue weighted by Crippen LogP contribution is 1.70. The zero-order valence-corrected chi connectivity index (χ0v) is 7.33. The first kappa shape index (κ1) is 14.3. The standard InChI is InChI=1S/C4H12N6.HNO3/c5-3(6)9-1-2-10-4(7)8;2-1(3)4/h1-2H2,(H4,5,6,9)(H4,7,8,10);(H,2,3,4). The molecule has 0 radical (unpaired) electrons. The van der Waals surface area contributed by atoms with Gasteiger partial charge in [0.2, 0.25) is 0 Å². The van der Waals surface area contributed by atoms with Gasteiger partial charge in [-0.05, 0) is 0 Å². The largest absolute Gasteiger partial charge is 0.370 e. The van der Waals surface area contributed by atoms with E-state index in [1.54, 1.807) is 0 Å². The molecule has 0 aromatic heterocycles. The Morgan fingerprint density at radius 1 is 1.14 bits per heavy atom. The van der Waals surface area contributed by atoms with Crippen LogP contribution in [0.1, 0.15) is 0 Å². The van der Waals surface area contributed by atoms with E-state index in [4.69, 9.17) is 38.3 Å². The predicted octanol–water partition coefficient (Wildman–Crippen LogP) is -2.81. The van der Waals surface area contributed by atoms with Crippen molar-refractivity contribution >= 4 is 11.9 Å². The number of nitrogens with two attached hydrogens (primary N) is 4. The molecule has 0 heterocycles. The first-order valence-corrected chi connectivity index (χ1v) is 3.30. The van der Waals surface area contributed by atoms with Gasteiger partial charge in [-0.15, -0.1) is 10.1 Å². The van der Waals surface area contributed by atoms with Gasteiger partial charge in [-0.3, -0.25) is 9.98 Å². The minimum Gasteiger partial charge on any atom is -0.370 e. The Hall–Kier alpha value is -2.26. The van der Waals surface area contributed by atoms with Crippen molar-refractivity contribution in [2.75, 3.05) is 13.1 Å². The Labute approximate surface area is 79.4 Å². The van der Waals surface area contributed by atoms with Crippen molar-refractivity contribution in [3.8, 4) is 0 Å². The lowest BCUT2D eigenvalue weighted by Gasteiger charge is -1.91. The highest BCUT2D eigenvalue weighted by Gasteiger charge is 1.81. The van der Waals surface area contributed by atoms with Gasteiger partial charge >= 0.3 is 0 Å². The molecule has 14 heavy (non-hydrogen) atoms. The lowest BCUT2D eigenvalue weighted by molar-refractivity contribution is -0.742. The summed E-state index contributed by atoms with van der Waals surface area (Å²) in [6.07, 6.45) is 0. The molecule has 9 N–H and O–H groups in total. The van der Waals surface area contributed by atoms with Crippen LogP contribution in [0.15, 0.2) is 9.98 Å². The number of nitrogens with zero attached hydrogens (tertiary/aromatic N) is 3. The van der Waals surface area contributed by atoms with Crippen LogP contribution in [0.3, 0.4) is 0 Å². The molecule has 0 aromatic rings. The van der Waals surface area contributed by atoms with Gasteiger partial charge in [-0.1, -0.05) is 0 Å². The van der Waals surface area contributed by atoms with E-state index in [0.29, 0.717) is 13.1 Å². The number of guanidine groups is 2. The maximum Gasteiger partial charge on any atom is 0.291 e. The Balaban J connectivity index is 0. The van der Waals surface area contributed by atoms with Crippen LogP contribution in [0.4, 0.5) is 0 Å². The normalized spacial score (nSPS) is 7.71. The predicted molar refractivity (Wildman–Crippen MR) is 50.1 cm³/mol. The van der Waals surface area contributed by atoms with Crippen molar-refractivity contribution in [2.45, 2.75) is 0 Å². The summed E-state index contributed by atoms with van der Waals surface area (Å²) >= 11 is 0. The summed E-state index contributed by atoms with van der Waals surface area (Å²) in [6, 6.07) is 0. The monoisotopic (exact) mass is 207 g/mol. The Morgan fingerprint density at radius 3 is 1.50 bits per heavy atom. The lowest BCUT2D eigenvalue weighted by atomic mass is 10.6. The van der Waals surface area contributed by atoms with E-state index >= 15 is 0 Å². The van der Waals surface area contributed by atoms with Crippen LogP contribution in [0.25, 0.3) is 0 Å². The molecule has 0 spiro atoms. The molecule has 0 atom stereocenters.